The molecule has 0 radical (unpaired) electrons. The molecular weight excluding hydrogens is 364 g/mol. The number of aliphatic hydroxyl groups is 2. The number of unbranched alkanes of at least 4 members (excludes halogenated alkanes) is 2. The first-order valence-electron chi connectivity index (χ1n) is 12.3. The minimum atomic E-state index is -0.748. The maximum Gasteiger partial charge on any atom is 0.171 e. The summed E-state index contributed by atoms with van der Waals surface area (Å²) in [6.07, 6.45) is 12.3. The first-order valence-corrected chi connectivity index (χ1v) is 12.3. The zero-order valence-corrected chi connectivity index (χ0v) is 18.4. The van der Waals surface area contributed by atoms with E-state index in [4.69, 9.17) is 9.47 Å². The Hall–Kier alpha value is -0.420. The van der Waals surface area contributed by atoms with Gasteiger partial charge in [-0.1, -0.05) is 38.7 Å². The van der Waals surface area contributed by atoms with Gasteiger partial charge in [0.2, 0.25) is 0 Å². The molecule has 0 unspecified atom stereocenters. The average molecular weight is 405 g/mol. The lowest BCUT2D eigenvalue weighted by atomic mass is 9.51. The number of allylic oxidation sites excluding steroid dienone is 1. The molecule has 29 heavy (non-hydrogen) atoms. The van der Waals surface area contributed by atoms with E-state index in [1.165, 1.54) is 31.3 Å². The van der Waals surface area contributed by atoms with Crippen molar-refractivity contribution in [2.24, 2.45) is 23.2 Å². The molecule has 5 aliphatic rings. The van der Waals surface area contributed by atoms with Crippen molar-refractivity contribution >= 4 is 0 Å². The first kappa shape index (κ1) is 20.5. The molecule has 3 saturated carbocycles. The first-order chi connectivity index (χ1) is 13.9. The van der Waals surface area contributed by atoms with Gasteiger partial charge in [0.1, 0.15) is 0 Å². The van der Waals surface area contributed by atoms with Gasteiger partial charge in [-0.3, -0.25) is 0 Å². The van der Waals surface area contributed by atoms with Crippen molar-refractivity contribution in [3.63, 3.8) is 0 Å². The number of hydrogen-bond donors (Lipinski definition) is 2. The summed E-state index contributed by atoms with van der Waals surface area (Å²) in [5.74, 6) is 1.13. The van der Waals surface area contributed by atoms with Crippen LogP contribution in [0, 0.1) is 23.2 Å². The third-order valence-corrected chi connectivity index (χ3v) is 9.44. The quantitative estimate of drug-likeness (QED) is 0.525. The van der Waals surface area contributed by atoms with Crippen molar-refractivity contribution in [3.05, 3.63) is 11.1 Å². The van der Waals surface area contributed by atoms with Gasteiger partial charge in [0, 0.05) is 12.8 Å². The van der Waals surface area contributed by atoms with E-state index in [1.54, 1.807) is 5.57 Å². The zero-order chi connectivity index (χ0) is 20.3. The summed E-state index contributed by atoms with van der Waals surface area (Å²) >= 11 is 0. The van der Waals surface area contributed by atoms with Gasteiger partial charge in [-0.25, -0.2) is 0 Å². The molecule has 4 aliphatic carbocycles. The highest BCUT2D eigenvalue weighted by molar-refractivity contribution is 5.37. The Morgan fingerprint density at radius 1 is 1.07 bits per heavy atom. The van der Waals surface area contributed by atoms with E-state index in [0.717, 1.165) is 44.9 Å². The summed E-state index contributed by atoms with van der Waals surface area (Å²) in [5.41, 5.74) is 2.28. The van der Waals surface area contributed by atoms with E-state index in [-0.39, 0.29) is 11.5 Å². The fourth-order valence-corrected chi connectivity index (χ4v) is 8.06. The summed E-state index contributed by atoms with van der Waals surface area (Å²) in [4.78, 5) is 0. The average Bonchev–Trinajstić information content (AvgIpc) is 3.25. The molecule has 1 aliphatic heterocycles. The van der Waals surface area contributed by atoms with Crippen LogP contribution in [0.3, 0.4) is 0 Å². The molecule has 1 saturated heterocycles. The number of ether oxygens (including phenoxy) is 2. The minimum Gasteiger partial charge on any atom is -0.393 e. The molecule has 0 aromatic rings. The van der Waals surface area contributed by atoms with Crippen LogP contribution < -0.4 is 0 Å². The lowest BCUT2D eigenvalue weighted by Gasteiger charge is -2.56. The Morgan fingerprint density at radius 2 is 1.86 bits per heavy atom. The molecule has 0 bridgehead atoms. The van der Waals surface area contributed by atoms with Crippen LogP contribution in [-0.2, 0) is 9.47 Å². The second-order valence-corrected chi connectivity index (χ2v) is 11.0. The monoisotopic (exact) mass is 404 g/mol. The minimum absolute atomic E-state index is 0.0641. The van der Waals surface area contributed by atoms with E-state index in [9.17, 15) is 10.2 Å². The van der Waals surface area contributed by atoms with Crippen LogP contribution >= 0.6 is 0 Å². The van der Waals surface area contributed by atoms with Crippen molar-refractivity contribution in [3.8, 4) is 0 Å². The third-order valence-electron chi connectivity index (χ3n) is 9.44. The molecule has 0 aromatic carbocycles. The van der Waals surface area contributed by atoms with Gasteiger partial charge >= 0.3 is 0 Å². The molecule has 0 aromatic heterocycles. The van der Waals surface area contributed by atoms with Gasteiger partial charge in [-0.2, -0.15) is 0 Å². The molecule has 5 rings (SSSR count). The van der Waals surface area contributed by atoms with Gasteiger partial charge in [0.05, 0.1) is 24.9 Å². The number of fused-ring (bicyclic) bond motifs is 4. The van der Waals surface area contributed by atoms with E-state index in [2.05, 4.69) is 13.8 Å². The van der Waals surface area contributed by atoms with Crippen molar-refractivity contribution in [1.82, 2.24) is 0 Å². The van der Waals surface area contributed by atoms with Gasteiger partial charge < -0.3 is 19.7 Å². The van der Waals surface area contributed by atoms with Crippen LogP contribution in [0.1, 0.15) is 90.9 Å². The van der Waals surface area contributed by atoms with Crippen molar-refractivity contribution < 1.29 is 19.7 Å². The molecule has 164 valence electrons. The molecule has 2 N–H and O–H groups in total. The standard InChI is InChI=1S/C25H40O4/c1-3-4-5-6-17-15-23(2)19(7-8-21(23)26)18-9-11-24(27)16-25(28-13-14-29-25)12-10-20(24)22(17)18/h17-19,21,26-27H,3-16H2,1-2H3/t17-,18-,19-,21-,23-,24+/m0/s1. The largest absolute Gasteiger partial charge is 0.393 e. The zero-order valence-electron chi connectivity index (χ0n) is 18.4. The smallest absolute Gasteiger partial charge is 0.171 e. The van der Waals surface area contributed by atoms with Crippen molar-refractivity contribution in [1.29, 1.82) is 0 Å². The Labute approximate surface area is 176 Å². The summed E-state index contributed by atoms with van der Waals surface area (Å²) in [7, 11) is 0. The molecule has 0 amide bonds. The molecule has 4 nitrogen and oxygen atoms in total. The lowest BCUT2D eigenvalue weighted by molar-refractivity contribution is -0.208. The van der Waals surface area contributed by atoms with E-state index >= 15 is 0 Å². The molecule has 1 spiro atoms. The number of rotatable bonds is 4. The predicted molar refractivity (Wildman–Crippen MR) is 112 cm³/mol. The summed E-state index contributed by atoms with van der Waals surface area (Å²) in [6.45, 7) is 5.94. The van der Waals surface area contributed by atoms with Gasteiger partial charge in [0.25, 0.3) is 0 Å². The highest BCUT2D eigenvalue weighted by atomic mass is 16.7. The Morgan fingerprint density at radius 3 is 2.62 bits per heavy atom. The van der Waals surface area contributed by atoms with Gasteiger partial charge in [-0.05, 0) is 73.7 Å². The van der Waals surface area contributed by atoms with E-state index in [1.807, 2.05) is 0 Å². The van der Waals surface area contributed by atoms with Crippen LogP contribution in [0.4, 0.5) is 0 Å². The Bertz CT molecular complexity index is 666. The van der Waals surface area contributed by atoms with E-state index < -0.39 is 11.4 Å². The van der Waals surface area contributed by atoms with Crippen LogP contribution in [0.15, 0.2) is 11.1 Å². The summed E-state index contributed by atoms with van der Waals surface area (Å²) < 4.78 is 12.0. The highest BCUT2D eigenvalue weighted by Crippen LogP contribution is 2.64. The normalized spacial score (nSPS) is 45.9. The summed E-state index contributed by atoms with van der Waals surface area (Å²) in [6, 6.07) is 0. The van der Waals surface area contributed by atoms with Crippen molar-refractivity contribution in [2.75, 3.05) is 13.2 Å². The molecular formula is C25H40O4. The number of aliphatic hydroxyl groups excluding tert-OH is 1. The Balaban J connectivity index is 1.51. The fourth-order valence-electron chi connectivity index (χ4n) is 8.06. The molecule has 1 heterocycles. The van der Waals surface area contributed by atoms with Gasteiger partial charge in [-0.15, -0.1) is 0 Å². The predicted octanol–water partition coefficient (Wildman–Crippen LogP) is 4.73. The van der Waals surface area contributed by atoms with Crippen molar-refractivity contribution in [2.45, 2.75) is 108 Å². The highest BCUT2D eigenvalue weighted by Gasteiger charge is 2.60. The Kier molecular flexibility index (Phi) is 5.17. The van der Waals surface area contributed by atoms with Crippen LogP contribution in [0.5, 0.6) is 0 Å². The maximum absolute atomic E-state index is 11.8. The summed E-state index contributed by atoms with van der Waals surface area (Å²) in [5, 5.41) is 22.7. The van der Waals surface area contributed by atoms with Crippen LogP contribution in [-0.4, -0.2) is 40.9 Å². The fraction of sp³-hybridized carbons (Fsp3) is 0.920. The second kappa shape index (κ2) is 7.32. The van der Waals surface area contributed by atoms with E-state index in [0.29, 0.717) is 37.4 Å². The van der Waals surface area contributed by atoms with Gasteiger partial charge in [0.15, 0.2) is 5.79 Å². The molecule has 6 atom stereocenters. The third kappa shape index (κ3) is 3.16. The SMILES string of the molecule is CCCCC[C@H]1C[C@]2(C)[C@@H](O)CC[C@H]2[C@@H]2CC[C@@]3(O)CC4(CCC3=C12)OCCO4. The van der Waals surface area contributed by atoms with Crippen LogP contribution in [0.25, 0.3) is 0 Å². The topological polar surface area (TPSA) is 58.9 Å². The molecule has 4 heteroatoms. The second-order valence-electron chi connectivity index (χ2n) is 11.0. The maximum atomic E-state index is 11.8. The van der Waals surface area contributed by atoms with Crippen LogP contribution in [0.2, 0.25) is 0 Å². The number of hydrogen-bond acceptors (Lipinski definition) is 4. The lowest BCUT2D eigenvalue weighted by Crippen LogP contribution is -2.54. The molecule has 4 fully saturated rings.